The fourth-order valence-electron chi connectivity index (χ4n) is 2.06. The minimum absolute atomic E-state index is 0.00464. The zero-order valence-corrected chi connectivity index (χ0v) is 9.47. The molecule has 0 aromatic carbocycles. The minimum atomic E-state index is -0.552. The summed E-state index contributed by atoms with van der Waals surface area (Å²) >= 11 is 5.60. The predicted molar refractivity (Wildman–Crippen MR) is 58.9 cm³/mol. The van der Waals surface area contributed by atoms with Crippen LogP contribution in [0.2, 0.25) is 5.28 Å². The number of nitrogens with zero attached hydrogens (tertiary/aromatic N) is 2. The lowest BCUT2D eigenvalue weighted by Gasteiger charge is -2.28. The molecule has 4 nitrogen and oxygen atoms in total. The SMILES string of the molecule is OCC1(Nc2nc(Cl)ncc2F)CCCC1. The third-order valence-corrected chi connectivity index (χ3v) is 3.14. The summed E-state index contributed by atoms with van der Waals surface area (Å²) in [6, 6.07) is 0. The zero-order chi connectivity index (χ0) is 11.6. The van der Waals surface area contributed by atoms with Crippen LogP contribution >= 0.6 is 11.6 Å². The molecule has 1 saturated carbocycles. The van der Waals surface area contributed by atoms with E-state index in [-0.39, 0.29) is 17.7 Å². The van der Waals surface area contributed by atoms with Gasteiger partial charge in [-0.25, -0.2) is 9.37 Å². The maximum Gasteiger partial charge on any atom is 0.224 e. The van der Waals surface area contributed by atoms with Crippen molar-refractivity contribution >= 4 is 17.4 Å². The highest BCUT2D eigenvalue weighted by molar-refractivity contribution is 6.28. The molecule has 1 heterocycles. The van der Waals surface area contributed by atoms with Crippen molar-refractivity contribution in [3.63, 3.8) is 0 Å². The smallest absolute Gasteiger partial charge is 0.224 e. The van der Waals surface area contributed by atoms with E-state index >= 15 is 0 Å². The molecule has 0 aliphatic heterocycles. The summed E-state index contributed by atoms with van der Waals surface area (Å²) in [5, 5.41) is 12.3. The van der Waals surface area contributed by atoms with E-state index in [4.69, 9.17) is 11.6 Å². The standard InChI is InChI=1S/C10H13ClFN3O/c11-9-13-5-7(12)8(14-9)15-10(6-16)3-1-2-4-10/h5,16H,1-4,6H2,(H,13,14,15). The van der Waals surface area contributed by atoms with Gasteiger partial charge in [0, 0.05) is 0 Å². The van der Waals surface area contributed by atoms with Gasteiger partial charge in [-0.3, -0.25) is 0 Å². The topological polar surface area (TPSA) is 58.0 Å². The van der Waals surface area contributed by atoms with Crippen LogP contribution < -0.4 is 5.32 Å². The Balaban J connectivity index is 2.21. The molecule has 0 unspecified atom stereocenters. The molecule has 0 amide bonds. The Labute approximate surface area is 97.9 Å². The van der Waals surface area contributed by atoms with Crippen molar-refractivity contribution in [1.82, 2.24) is 9.97 Å². The number of aliphatic hydroxyl groups is 1. The zero-order valence-electron chi connectivity index (χ0n) is 8.71. The first-order valence-electron chi connectivity index (χ1n) is 5.22. The van der Waals surface area contributed by atoms with E-state index < -0.39 is 11.4 Å². The van der Waals surface area contributed by atoms with Gasteiger partial charge in [0.25, 0.3) is 0 Å². The van der Waals surface area contributed by atoms with Gasteiger partial charge >= 0.3 is 0 Å². The lowest BCUT2D eigenvalue weighted by Crippen LogP contribution is -2.39. The summed E-state index contributed by atoms with van der Waals surface area (Å²) in [6.45, 7) is -0.0337. The molecule has 88 valence electrons. The van der Waals surface area contributed by atoms with Crippen molar-refractivity contribution in [2.24, 2.45) is 0 Å². The van der Waals surface area contributed by atoms with Crippen LogP contribution in [0.4, 0.5) is 10.2 Å². The molecule has 0 atom stereocenters. The first-order valence-corrected chi connectivity index (χ1v) is 5.60. The summed E-state index contributed by atoms with van der Waals surface area (Å²) in [6.07, 6.45) is 4.69. The number of halogens is 2. The number of aromatic nitrogens is 2. The highest BCUT2D eigenvalue weighted by Crippen LogP contribution is 2.32. The van der Waals surface area contributed by atoms with Gasteiger partial charge in [-0.15, -0.1) is 0 Å². The molecule has 0 spiro atoms. The van der Waals surface area contributed by atoms with E-state index in [2.05, 4.69) is 15.3 Å². The fourth-order valence-corrected chi connectivity index (χ4v) is 2.19. The molecule has 0 saturated heterocycles. The van der Waals surface area contributed by atoms with E-state index in [0.717, 1.165) is 31.9 Å². The van der Waals surface area contributed by atoms with E-state index in [1.807, 2.05) is 0 Å². The Morgan fingerprint density at radius 3 is 2.81 bits per heavy atom. The largest absolute Gasteiger partial charge is 0.394 e. The van der Waals surface area contributed by atoms with Crippen LogP contribution in [0.3, 0.4) is 0 Å². The normalized spacial score (nSPS) is 18.7. The predicted octanol–water partition coefficient (Wildman–Crippen LogP) is 1.99. The van der Waals surface area contributed by atoms with Crippen LogP contribution in [0.25, 0.3) is 0 Å². The second kappa shape index (κ2) is 4.51. The average molecular weight is 246 g/mol. The van der Waals surface area contributed by atoms with Gasteiger partial charge in [0.1, 0.15) is 0 Å². The summed E-state index contributed by atoms with van der Waals surface area (Å²) in [4.78, 5) is 7.33. The number of hydrogen-bond donors (Lipinski definition) is 2. The third-order valence-electron chi connectivity index (χ3n) is 2.96. The molecular formula is C10H13ClFN3O. The van der Waals surface area contributed by atoms with Crippen LogP contribution in [-0.4, -0.2) is 27.2 Å². The van der Waals surface area contributed by atoms with Crippen LogP contribution in [0.15, 0.2) is 6.20 Å². The van der Waals surface area contributed by atoms with Gasteiger partial charge in [-0.1, -0.05) is 12.8 Å². The molecule has 2 N–H and O–H groups in total. The van der Waals surface area contributed by atoms with Gasteiger partial charge < -0.3 is 10.4 Å². The first kappa shape index (κ1) is 11.5. The van der Waals surface area contributed by atoms with Crippen LogP contribution in [0, 0.1) is 5.82 Å². The molecule has 2 rings (SSSR count). The minimum Gasteiger partial charge on any atom is -0.394 e. The van der Waals surface area contributed by atoms with E-state index in [1.54, 1.807) is 0 Å². The van der Waals surface area contributed by atoms with Crippen LogP contribution in [0.5, 0.6) is 0 Å². The maximum absolute atomic E-state index is 13.4. The number of nitrogens with one attached hydrogen (secondary N) is 1. The third kappa shape index (κ3) is 2.25. The Kier molecular flexibility index (Phi) is 3.25. The van der Waals surface area contributed by atoms with E-state index in [0.29, 0.717) is 0 Å². The number of rotatable bonds is 3. The fraction of sp³-hybridized carbons (Fsp3) is 0.600. The molecule has 1 fully saturated rings. The Bertz CT molecular complexity index is 382. The molecule has 16 heavy (non-hydrogen) atoms. The van der Waals surface area contributed by atoms with Crippen LogP contribution in [0.1, 0.15) is 25.7 Å². The Morgan fingerprint density at radius 1 is 1.50 bits per heavy atom. The lowest BCUT2D eigenvalue weighted by atomic mass is 9.99. The highest BCUT2D eigenvalue weighted by atomic mass is 35.5. The molecule has 1 aromatic rings. The molecule has 1 aliphatic carbocycles. The van der Waals surface area contributed by atoms with Gasteiger partial charge in [0.2, 0.25) is 5.28 Å². The summed E-state index contributed by atoms with van der Waals surface area (Å²) in [5.41, 5.74) is -0.460. The first-order chi connectivity index (χ1) is 7.65. The highest BCUT2D eigenvalue weighted by Gasteiger charge is 2.34. The van der Waals surface area contributed by atoms with E-state index in [9.17, 15) is 9.50 Å². The molecular weight excluding hydrogens is 233 g/mol. The Hall–Kier alpha value is -0.940. The molecule has 1 aliphatic rings. The number of aliphatic hydroxyl groups excluding tert-OH is 1. The molecule has 1 aromatic heterocycles. The summed E-state index contributed by atoms with van der Waals surface area (Å²) in [5.74, 6) is -0.486. The van der Waals surface area contributed by atoms with Crippen molar-refractivity contribution < 1.29 is 9.50 Å². The van der Waals surface area contributed by atoms with Gasteiger partial charge in [0.15, 0.2) is 11.6 Å². The average Bonchev–Trinajstić information content (AvgIpc) is 2.73. The number of anilines is 1. The lowest BCUT2D eigenvalue weighted by molar-refractivity contribution is 0.213. The van der Waals surface area contributed by atoms with Crippen molar-refractivity contribution in [2.45, 2.75) is 31.2 Å². The van der Waals surface area contributed by atoms with Gasteiger partial charge in [0.05, 0.1) is 18.3 Å². The van der Waals surface area contributed by atoms with Crippen molar-refractivity contribution in [3.8, 4) is 0 Å². The maximum atomic E-state index is 13.4. The molecule has 0 bridgehead atoms. The molecule has 0 radical (unpaired) electrons. The second-order valence-corrected chi connectivity index (χ2v) is 4.44. The monoisotopic (exact) mass is 245 g/mol. The van der Waals surface area contributed by atoms with Gasteiger partial charge in [-0.05, 0) is 24.4 Å². The van der Waals surface area contributed by atoms with Crippen LogP contribution in [-0.2, 0) is 0 Å². The van der Waals surface area contributed by atoms with Crippen molar-refractivity contribution in [3.05, 3.63) is 17.3 Å². The van der Waals surface area contributed by atoms with Crippen molar-refractivity contribution in [2.75, 3.05) is 11.9 Å². The van der Waals surface area contributed by atoms with Gasteiger partial charge in [-0.2, -0.15) is 4.98 Å². The second-order valence-electron chi connectivity index (χ2n) is 4.11. The van der Waals surface area contributed by atoms with Crippen molar-refractivity contribution in [1.29, 1.82) is 0 Å². The summed E-state index contributed by atoms with van der Waals surface area (Å²) < 4.78 is 13.4. The molecule has 6 heteroatoms. The van der Waals surface area contributed by atoms with E-state index in [1.165, 1.54) is 0 Å². The quantitative estimate of drug-likeness (QED) is 0.800. The summed E-state index contributed by atoms with van der Waals surface area (Å²) in [7, 11) is 0. The Morgan fingerprint density at radius 2 is 2.19 bits per heavy atom. The number of hydrogen-bond acceptors (Lipinski definition) is 4.